The zero-order valence-corrected chi connectivity index (χ0v) is 12.5. The molecule has 4 nitrogen and oxygen atoms in total. The van der Waals surface area contributed by atoms with Crippen LogP contribution in [-0.2, 0) is 0 Å². The maximum Gasteiger partial charge on any atom is 0.254 e. The third-order valence-electron chi connectivity index (χ3n) is 4.86. The number of amides is 1. The molecular weight excluding hydrogens is 262 g/mol. The van der Waals surface area contributed by atoms with Crippen molar-refractivity contribution in [2.45, 2.75) is 31.2 Å². The predicted molar refractivity (Wildman–Crippen MR) is 83.1 cm³/mol. The zero-order valence-electron chi connectivity index (χ0n) is 12.5. The Bertz CT molecular complexity index is 516. The van der Waals surface area contributed by atoms with Crippen LogP contribution in [0.25, 0.3) is 0 Å². The van der Waals surface area contributed by atoms with Gasteiger partial charge in [-0.15, -0.1) is 6.58 Å². The van der Waals surface area contributed by atoms with Gasteiger partial charge in [0.15, 0.2) is 0 Å². The van der Waals surface area contributed by atoms with Crippen LogP contribution in [0.2, 0.25) is 0 Å². The summed E-state index contributed by atoms with van der Waals surface area (Å²) in [4.78, 5) is 21.2. The van der Waals surface area contributed by atoms with Crippen molar-refractivity contribution in [1.82, 2.24) is 14.8 Å². The molecule has 2 aliphatic heterocycles. The van der Waals surface area contributed by atoms with Crippen LogP contribution in [0, 0.1) is 0 Å². The summed E-state index contributed by atoms with van der Waals surface area (Å²) in [5, 5.41) is 0. The van der Waals surface area contributed by atoms with Crippen molar-refractivity contribution in [3.63, 3.8) is 0 Å². The molecule has 1 aromatic rings. The molecule has 4 heteroatoms. The highest BCUT2D eigenvalue weighted by atomic mass is 16.2. The smallest absolute Gasteiger partial charge is 0.254 e. The lowest BCUT2D eigenvalue weighted by Gasteiger charge is -2.45. The van der Waals surface area contributed by atoms with Crippen molar-refractivity contribution in [3.8, 4) is 0 Å². The van der Waals surface area contributed by atoms with E-state index in [1.807, 2.05) is 11.0 Å². The van der Waals surface area contributed by atoms with Gasteiger partial charge in [0.05, 0.1) is 0 Å². The van der Waals surface area contributed by atoms with E-state index >= 15 is 0 Å². The van der Waals surface area contributed by atoms with E-state index in [0.29, 0.717) is 0 Å². The second-order valence-electron chi connectivity index (χ2n) is 6.13. The van der Waals surface area contributed by atoms with Gasteiger partial charge in [-0.2, -0.15) is 0 Å². The fourth-order valence-corrected chi connectivity index (χ4v) is 3.86. The Morgan fingerprint density at radius 3 is 2.71 bits per heavy atom. The molecule has 0 radical (unpaired) electrons. The van der Waals surface area contributed by atoms with Gasteiger partial charge < -0.3 is 4.90 Å². The van der Waals surface area contributed by atoms with E-state index in [-0.39, 0.29) is 11.4 Å². The topological polar surface area (TPSA) is 36.4 Å². The van der Waals surface area contributed by atoms with Crippen LogP contribution in [0.1, 0.15) is 36.0 Å². The normalized spacial score (nSPS) is 26.2. The second-order valence-corrected chi connectivity index (χ2v) is 6.13. The van der Waals surface area contributed by atoms with Crippen molar-refractivity contribution in [2.24, 2.45) is 0 Å². The Hall–Kier alpha value is -1.68. The molecule has 3 heterocycles. The molecule has 1 atom stereocenters. The highest BCUT2D eigenvalue weighted by Crippen LogP contribution is 2.37. The van der Waals surface area contributed by atoms with Gasteiger partial charge in [-0.25, -0.2) is 0 Å². The lowest BCUT2D eigenvalue weighted by molar-refractivity contribution is 0.0367. The fourth-order valence-electron chi connectivity index (χ4n) is 3.86. The molecule has 3 rings (SSSR count). The molecule has 1 spiro atoms. The number of likely N-dealkylation sites (tertiary alicyclic amines) is 2. The molecule has 0 aliphatic carbocycles. The summed E-state index contributed by atoms with van der Waals surface area (Å²) in [5.74, 6) is 0.141. The van der Waals surface area contributed by atoms with E-state index in [9.17, 15) is 4.79 Å². The summed E-state index contributed by atoms with van der Waals surface area (Å²) in [6, 6.07) is 3.61. The van der Waals surface area contributed by atoms with Crippen LogP contribution in [0.3, 0.4) is 0 Å². The molecule has 1 amide bonds. The number of rotatable bonds is 3. The average molecular weight is 285 g/mol. The molecular formula is C17H23N3O. The largest absolute Gasteiger partial charge is 0.337 e. The highest BCUT2D eigenvalue weighted by Gasteiger charge is 2.44. The molecule has 0 saturated carbocycles. The lowest BCUT2D eigenvalue weighted by atomic mass is 9.86. The second kappa shape index (κ2) is 5.98. The first-order valence-electron chi connectivity index (χ1n) is 7.80. The van der Waals surface area contributed by atoms with Crippen LogP contribution in [0.15, 0.2) is 37.2 Å². The number of carbonyl (C=O) groups is 1. The van der Waals surface area contributed by atoms with Gasteiger partial charge in [-0.3, -0.25) is 14.7 Å². The van der Waals surface area contributed by atoms with E-state index in [1.54, 1.807) is 24.5 Å². The third kappa shape index (κ3) is 2.72. The first-order valence-corrected chi connectivity index (χ1v) is 7.80. The Labute approximate surface area is 126 Å². The maximum absolute atomic E-state index is 12.7. The first-order chi connectivity index (χ1) is 10.2. The van der Waals surface area contributed by atoms with Crippen molar-refractivity contribution >= 4 is 5.91 Å². The number of hydrogen-bond acceptors (Lipinski definition) is 3. The molecule has 1 unspecified atom stereocenters. The summed E-state index contributed by atoms with van der Waals surface area (Å²) in [6.45, 7) is 7.65. The molecule has 21 heavy (non-hydrogen) atoms. The number of aromatic nitrogens is 1. The lowest BCUT2D eigenvalue weighted by Crippen LogP contribution is -2.56. The quantitative estimate of drug-likeness (QED) is 0.800. The number of hydrogen-bond donors (Lipinski definition) is 0. The van der Waals surface area contributed by atoms with E-state index in [0.717, 1.165) is 38.2 Å². The summed E-state index contributed by atoms with van der Waals surface area (Å²) >= 11 is 0. The number of piperidine rings is 1. The maximum atomic E-state index is 12.7. The molecule has 2 fully saturated rings. The summed E-state index contributed by atoms with van der Waals surface area (Å²) in [6.07, 6.45) is 10.1. The minimum atomic E-state index is 0.141. The van der Waals surface area contributed by atoms with Crippen molar-refractivity contribution in [3.05, 3.63) is 42.7 Å². The van der Waals surface area contributed by atoms with Crippen molar-refractivity contribution in [2.75, 3.05) is 26.2 Å². The molecule has 0 bridgehead atoms. The van der Waals surface area contributed by atoms with E-state index in [2.05, 4.69) is 16.5 Å². The SMILES string of the molecule is C=CCN1CCCC12CCCN(C(=O)c1ccncc1)C2. The zero-order chi connectivity index (χ0) is 14.7. The van der Waals surface area contributed by atoms with Gasteiger partial charge in [0.2, 0.25) is 0 Å². The summed E-state index contributed by atoms with van der Waals surface area (Å²) in [7, 11) is 0. The highest BCUT2D eigenvalue weighted by molar-refractivity contribution is 5.94. The number of pyridine rings is 1. The summed E-state index contributed by atoms with van der Waals surface area (Å²) < 4.78 is 0. The third-order valence-corrected chi connectivity index (χ3v) is 4.86. The number of carbonyl (C=O) groups excluding carboxylic acids is 1. The van der Waals surface area contributed by atoms with Gasteiger partial charge in [-0.05, 0) is 44.4 Å². The Morgan fingerprint density at radius 1 is 1.29 bits per heavy atom. The Morgan fingerprint density at radius 2 is 2.00 bits per heavy atom. The molecule has 112 valence electrons. The van der Waals surface area contributed by atoms with Crippen LogP contribution >= 0.6 is 0 Å². The van der Waals surface area contributed by atoms with E-state index in [1.165, 1.54) is 19.3 Å². The van der Waals surface area contributed by atoms with E-state index < -0.39 is 0 Å². The Balaban J connectivity index is 1.76. The van der Waals surface area contributed by atoms with Crippen LogP contribution in [0.5, 0.6) is 0 Å². The van der Waals surface area contributed by atoms with E-state index in [4.69, 9.17) is 0 Å². The molecule has 2 saturated heterocycles. The number of nitrogens with zero attached hydrogens (tertiary/aromatic N) is 3. The van der Waals surface area contributed by atoms with Gasteiger partial charge in [-0.1, -0.05) is 6.08 Å². The molecule has 0 aromatic carbocycles. The Kier molecular flexibility index (Phi) is 4.06. The monoisotopic (exact) mass is 285 g/mol. The van der Waals surface area contributed by atoms with Gasteiger partial charge >= 0.3 is 0 Å². The van der Waals surface area contributed by atoms with Crippen molar-refractivity contribution < 1.29 is 4.79 Å². The van der Waals surface area contributed by atoms with Gasteiger partial charge in [0.25, 0.3) is 5.91 Å². The van der Waals surface area contributed by atoms with Gasteiger partial charge in [0.1, 0.15) is 0 Å². The molecule has 2 aliphatic rings. The standard InChI is InChI=1S/C17H23N3O/c1-2-11-20-13-4-8-17(20)7-3-12-19(14-17)16(21)15-5-9-18-10-6-15/h2,5-6,9-10H,1,3-4,7-8,11-14H2. The fraction of sp³-hybridized carbons (Fsp3) is 0.529. The van der Waals surface area contributed by atoms with Crippen LogP contribution in [0.4, 0.5) is 0 Å². The summed E-state index contributed by atoms with van der Waals surface area (Å²) in [5.41, 5.74) is 0.921. The first kappa shape index (κ1) is 14.3. The predicted octanol–water partition coefficient (Wildman–Crippen LogP) is 2.34. The van der Waals surface area contributed by atoms with Crippen LogP contribution < -0.4 is 0 Å². The molecule has 0 N–H and O–H groups in total. The minimum Gasteiger partial charge on any atom is -0.337 e. The average Bonchev–Trinajstić information content (AvgIpc) is 2.90. The van der Waals surface area contributed by atoms with Crippen molar-refractivity contribution in [1.29, 1.82) is 0 Å². The van der Waals surface area contributed by atoms with Crippen LogP contribution in [-0.4, -0.2) is 52.4 Å². The van der Waals surface area contributed by atoms with Gasteiger partial charge in [0, 0.05) is 43.1 Å². The minimum absolute atomic E-state index is 0.141. The molecule has 1 aromatic heterocycles.